The van der Waals surface area contributed by atoms with Crippen molar-refractivity contribution in [1.29, 1.82) is 0 Å². The van der Waals surface area contributed by atoms with Gasteiger partial charge in [0.25, 0.3) is 5.91 Å². The first-order valence-electron chi connectivity index (χ1n) is 8.19. The van der Waals surface area contributed by atoms with Crippen molar-refractivity contribution in [2.45, 2.75) is 19.4 Å². The molecule has 1 aliphatic rings. The largest absolute Gasteiger partial charge is 1.00 e. The average molecular weight is 353 g/mol. The van der Waals surface area contributed by atoms with Crippen LogP contribution in [-0.2, 0) is 11.3 Å². The van der Waals surface area contributed by atoms with E-state index in [0.717, 1.165) is 27.6 Å². The summed E-state index contributed by atoms with van der Waals surface area (Å²) in [6, 6.07) is 19.1. The number of nitrogens with zero attached hydrogens (tertiary/aromatic N) is 1. The maximum Gasteiger partial charge on any atom is 1.00 e. The average Bonchev–Trinajstić information content (AvgIpc) is 2.95. The zero-order valence-corrected chi connectivity index (χ0v) is 16.7. The molecule has 1 unspecified atom stereocenters. The fourth-order valence-electron chi connectivity index (χ4n) is 3.29. The molecule has 1 aliphatic heterocycles. The Kier molecular flexibility index (Phi) is 5.19. The molecule has 4 nitrogen and oxygen atoms in total. The van der Waals surface area contributed by atoms with Crippen LogP contribution in [0.4, 0.5) is 5.69 Å². The number of hydrogen-bond acceptors (Lipinski definition) is 3. The standard InChI is InChI=1S/C21H17NO3.Na/c1-13(21(24)25)14-6-8-18(9-7-14)22-12-17-10-15-4-2-3-5-16(15)11-19(17)20(22)23;/h2-11,13H,12H2,1H3,(H,24,25);/q;+1/p-1. The third kappa shape index (κ3) is 3.16. The van der Waals surface area contributed by atoms with E-state index in [-0.39, 0.29) is 35.5 Å². The Hall–Kier alpha value is -2.14. The Bertz CT molecular complexity index is 998. The Morgan fingerprint density at radius 3 is 2.27 bits per heavy atom. The first kappa shape index (κ1) is 18.6. The number of anilines is 1. The van der Waals surface area contributed by atoms with Crippen LogP contribution in [0.2, 0.25) is 0 Å². The van der Waals surface area contributed by atoms with Crippen LogP contribution in [0.15, 0.2) is 60.7 Å². The third-order valence-corrected chi connectivity index (χ3v) is 4.83. The summed E-state index contributed by atoms with van der Waals surface area (Å²) in [5.41, 5.74) is 3.17. The molecule has 0 fully saturated rings. The number of rotatable bonds is 3. The molecule has 0 bridgehead atoms. The fourth-order valence-corrected chi connectivity index (χ4v) is 3.29. The molecular weight excluding hydrogens is 337 g/mol. The van der Waals surface area contributed by atoms with Gasteiger partial charge in [-0.25, -0.2) is 0 Å². The van der Waals surface area contributed by atoms with Crippen molar-refractivity contribution in [3.05, 3.63) is 77.4 Å². The normalized spacial score (nSPS) is 14.0. The molecule has 0 N–H and O–H groups in total. The van der Waals surface area contributed by atoms with E-state index < -0.39 is 11.9 Å². The molecule has 4 rings (SSSR count). The molecular formula is C21H16NNaO3. The summed E-state index contributed by atoms with van der Waals surface area (Å²) < 4.78 is 0. The molecule has 1 heterocycles. The van der Waals surface area contributed by atoms with E-state index in [2.05, 4.69) is 6.07 Å². The first-order valence-corrected chi connectivity index (χ1v) is 8.19. The van der Waals surface area contributed by atoms with Crippen LogP contribution in [0, 0.1) is 0 Å². The van der Waals surface area contributed by atoms with E-state index >= 15 is 0 Å². The van der Waals surface area contributed by atoms with Gasteiger partial charge in [0.2, 0.25) is 0 Å². The number of amides is 1. The minimum absolute atomic E-state index is 0. The molecule has 0 saturated heterocycles. The van der Waals surface area contributed by atoms with Crippen molar-refractivity contribution >= 4 is 28.3 Å². The minimum atomic E-state index is -1.11. The van der Waals surface area contributed by atoms with Gasteiger partial charge in [0.1, 0.15) is 0 Å². The molecule has 0 spiro atoms. The third-order valence-electron chi connectivity index (χ3n) is 4.83. The van der Waals surface area contributed by atoms with Gasteiger partial charge in [-0.1, -0.05) is 43.3 Å². The Morgan fingerprint density at radius 1 is 1.04 bits per heavy atom. The van der Waals surface area contributed by atoms with Gasteiger partial charge < -0.3 is 14.8 Å². The number of hydrogen-bond donors (Lipinski definition) is 0. The monoisotopic (exact) mass is 353 g/mol. The number of benzene rings is 3. The second kappa shape index (κ2) is 7.23. The molecule has 3 aromatic rings. The van der Waals surface area contributed by atoms with E-state index in [1.165, 1.54) is 0 Å². The minimum Gasteiger partial charge on any atom is -0.550 e. The van der Waals surface area contributed by atoms with Gasteiger partial charge in [-0.3, -0.25) is 4.79 Å². The van der Waals surface area contributed by atoms with Crippen molar-refractivity contribution in [2.75, 3.05) is 4.90 Å². The zero-order chi connectivity index (χ0) is 17.6. The van der Waals surface area contributed by atoms with Crippen LogP contribution in [0.25, 0.3) is 10.8 Å². The van der Waals surface area contributed by atoms with Crippen molar-refractivity contribution in [3.63, 3.8) is 0 Å². The summed E-state index contributed by atoms with van der Waals surface area (Å²) >= 11 is 0. The number of carboxylic acid groups (broad SMARTS) is 1. The van der Waals surface area contributed by atoms with E-state index in [9.17, 15) is 14.7 Å². The van der Waals surface area contributed by atoms with E-state index in [4.69, 9.17) is 0 Å². The molecule has 0 aromatic heterocycles. The zero-order valence-electron chi connectivity index (χ0n) is 14.7. The SMILES string of the molecule is CC(C(=O)[O-])c1ccc(N2Cc3cc4ccccc4cc3C2=O)cc1.[Na+]. The summed E-state index contributed by atoms with van der Waals surface area (Å²) in [6.07, 6.45) is 0. The van der Waals surface area contributed by atoms with Gasteiger partial charge in [0, 0.05) is 23.1 Å². The van der Waals surface area contributed by atoms with Crippen LogP contribution in [-0.4, -0.2) is 11.9 Å². The van der Waals surface area contributed by atoms with Crippen LogP contribution < -0.4 is 39.6 Å². The Labute approximate surface area is 173 Å². The number of carbonyl (C=O) groups excluding carboxylic acids is 2. The predicted molar refractivity (Wildman–Crippen MR) is 94.3 cm³/mol. The molecule has 26 heavy (non-hydrogen) atoms. The smallest absolute Gasteiger partial charge is 0.550 e. The van der Waals surface area contributed by atoms with Gasteiger partial charge in [-0.2, -0.15) is 0 Å². The quantitative estimate of drug-likeness (QED) is 0.616. The van der Waals surface area contributed by atoms with Crippen LogP contribution in [0.1, 0.15) is 34.3 Å². The maximum atomic E-state index is 12.8. The topological polar surface area (TPSA) is 60.4 Å². The van der Waals surface area contributed by atoms with Crippen LogP contribution >= 0.6 is 0 Å². The van der Waals surface area contributed by atoms with Crippen molar-refractivity contribution < 1.29 is 44.3 Å². The summed E-state index contributed by atoms with van der Waals surface area (Å²) in [6.45, 7) is 2.11. The summed E-state index contributed by atoms with van der Waals surface area (Å²) in [5, 5.41) is 13.2. The van der Waals surface area contributed by atoms with Gasteiger partial charge in [0.05, 0.1) is 6.54 Å². The number of aliphatic carboxylic acids is 1. The molecule has 0 aliphatic carbocycles. The van der Waals surface area contributed by atoms with Crippen LogP contribution in [0.5, 0.6) is 0 Å². The molecule has 0 radical (unpaired) electrons. The van der Waals surface area contributed by atoms with Gasteiger partial charge >= 0.3 is 29.6 Å². The van der Waals surface area contributed by atoms with Crippen LogP contribution in [0.3, 0.4) is 0 Å². The summed E-state index contributed by atoms with van der Waals surface area (Å²) in [5.74, 6) is -1.81. The van der Waals surface area contributed by atoms with Gasteiger partial charge in [-0.05, 0) is 46.2 Å². The fraction of sp³-hybridized carbons (Fsp3) is 0.143. The Morgan fingerprint density at radius 2 is 1.65 bits per heavy atom. The summed E-state index contributed by atoms with van der Waals surface area (Å²) in [7, 11) is 0. The van der Waals surface area contributed by atoms with Gasteiger partial charge in [0.15, 0.2) is 0 Å². The molecule has 1 amide bonds. The van der Waals surface area contributed by atoms with E-state index in [1.807, 2.05) is 30.3 Å². The second-order valence-corrected chi connectivity index (χ2v) is 6.38. The number of carboxylic acids is 1. The van der Waals surface area contributed by atoms with Crippen molar-refractivity contribution in [1.82, 2.24) is 0 Å². The van der Waals surface area contributed by atoms with E-state index in [1.54, 1.807) is 36.1 Å². The van der Waals surface area contributed by atoms with E-state index in [0.29, 0.717) is 12.1 Å². The molecule has 5 heteroatoms. The first-order chi connectivity index (χ1) is 12.0. The predicted octanol–water partition coefficient (Wildman–Crippen LogP) is -0.142. The number of carbonyl (C=O) groups is 2. The van der Waals surface area contributed by atoms with Gasteiger partial charge in [-0.15, -0.1) is 0 Å². The molecule has 124 valence electrons. The van der Waals surface area contributed by atoms with Crippen molar-refractivity contribution in [3.8, 4) is 0 Å². The summed E-state index contributed by atoms with van der Waals surface area (Å²) in [4.78, 5) is 25.5. The Balaban J connectivity index is 0.00000196. The second-order valence-electron chi connectivity index (χ2n) is 6.38. The number of fused-ring (bicyclic) bond motifs is 2. The van der Waals surface area contributed by atoms with Crippen molar-refractivity contribution in [2.24, 2.45) is 0 Å². The molecule has 1 atom stereocenters. The molecule has 3 aromatic carbocycles. The molecule has 0 saturated carbocycles. The maximum absolute atomic E-state index is 12.8.